The number of carbonyl (C=O) groups excluding carboxylic acids is 3. The number of hydrogen-bond donors (Lipinski definition) is 8. The van der Waals surface area contributed by atoms with Crippen LogP contribution < -0.4 is 21.7 Å². The van der Waals surface area contributed by atoms with Crippen molar-refractivity contribution in [2.45, 2.75) is 37.0 Å². The first-order chi connectivity index (χ1) is 17.1. The van der Waals surface area contributed by atoms with Crippen LogP contribution in [0.15, 0.2) is 54.6 Å². The summed E-state index contributed by atoms with van der Waals surface area (Å²) in [4.78, 5) is 49.9. The Morgan fingerprint density at radius 1 is 0.778 bits per heavy atom. The van der Waals surface area contributed by atoms with Crippen LogP contribution in [0.5, 0.6) is 5.75 Å². The highest BCUT2D eigenvalue weighted by Crippen LogP contribution is 2.12. The van der Waals surface area contributed by atoms with Crippen LogP contribution in [0.1, 0.15) is 11.1 Å². The van der Waals surface area contributed by atoms with E-state index in [1.165, 1.54) is 24.3 Å². The van der Waals surface area contributed by atoms with Gasteiger partial charge in [0.15, 0.2) is 0 Å². The predicted octanol–water partition coefficient (Wildman–Crippen LogP) is -1.03. The number of aliphatic carboxylic acids is 1. The summed E-state index contributed by atoms with van der Waals surface area (Å²) in [6.45, 7) is -0.622. The average molecular weight is 519 g/mol. The van der Waals surface area contributed by atoms with Crippen molar-refractivity contribution in [3.05, 3.63) is 65.7 Å². The maximum absolute atomic E-state index is 13.1. The number of aromatic hydroxyl groups is 1. The molecule has 194 valence electrons. The number of phenolic OH excluding ortho intramolecular Hbond substituents is 1. The molecule has 3 amide bonds. The summed E-state index contributed by atoms with van der Waals surface area (Å²) in [5, 5.41) is 35.5. The minimum Gasteiger partial charge on any atom is -0.508 e. The largest absolute Gasteiger partial charge is 0.508 e. The lowest BCUT2D eigenvalue weighted by Gasteiger charge is -2.24. The van der Waals surface area contributed by atoms with Crippen molar-refractivity contribution < 1.29 is 34.5 Å². The van der Waals surface area contributed by atoms with E-state index >= 15 is 0 Å². The van der Waals surface area contributed by atoms with E-state index in [9.17, 15) is 29.4 Å². The molecule has 4 unspecified atom stereocenters. The molecule has 0 fully saturated rings. The number of carboxylic acid groups (broad SMARTS) is 1. The van der Waals surface area contributed by atoms with Crippen LogP contribution in [0.25, 0.3) is 0 Å². The number of rotatable bonds is 13. The third-order valence-corrected chi connectivity index (χ3v) is 5.62. The van der Waals surface area contributed by atoms with E-state index in [1.54, 1.807) is 30.3 Å². The van der Waals surface area contributed by atoms with Crippen molar-refractivity contribution in [2.75, 3.05) is 12.4 Å². The molecule has 0 saturated carbocycles. The molecule has 2 aromatic rings. The highest BCUT2D eigenvalue weighted by molar-refractivity contribution is 7.80. The van der Waals surface area contributed by atoms with E-state index in [0.717, 1.165) is 0 Å². The number of carboxylic acids is 1. The Bertz CT molecular complexity index is 1040. The van der Waals surface area contributed by atoms with Crippen LogP contribution in [-0.4, -0.2) is 75.5 Å². The summed E-state index contributed by atoms with van der Waals surface area (Å²) in [6, 6.07) is 9.80. The number of phenols is 1. The van der Waals surface area contributed by atoms with Gasteiger partial charge in [-0.15, -0.1) is 0 Å². The smallest absolute Gasteiger partial charge is 0.326 e. The Morgan fingerprint density at radius 3 is 1.83 bits per heavy atom. The summed E-state index contributed by atoms with van der Waals surface area (Å²) < 4.78 is 0. The van der Waals surface area contributed by atoms with Crippen LogP contribution in [0.3, 0.4) is 0 Å². The minimum absolute atomic E-state index is 0.0195. The van der Waals surface area contributed by atoms with E-state index in [-0.39, 0.29) is 24.3 Å². The van der Waals surface area contributed by atoms with E-state index < -0.39 is 54.5 Å². The molecule has 8 N–H and O–H groups in total. The molecule has 11 nitrogen and oxygen atoms in total. The van der Waals surface area contributed by atoms with Gasteiger partial charge in [-0.1, -0.05) is 42.5 Å². The first-order valence-electron chi connectivity index (χ1n) is 11.1. The third-order valence-electron chi connectivity index (χ3n) is 5.26. The summed E-state index contributed by atoms with van der Waals surface area (Å²) in [6.07, 6.45) is -0.00488. The van der Waals surface area contributed by atoms with Crippen molar-refractivity contribution in [1.29, 1.82) is 0 Å². The number of hydrogen-bond acceptors (Lipinski definition) is 8. The first kappa shape index (κ1) is 28.6. The van der Waals surface area contributed by atoms with Gasteiger partial charge in [0, 0.05) is 18.6 Å². The molecule has 0 bridgehead atoms. The van der Waals surface area contributed by atoms with Crippen LogP contribution in [0, 0.1) is 0 Å². The summed E-state index contributed by atoms with van der Waals surface area (Å²) in [5.41, 5.74) is 6.75. The van der Waals surface area contributed by atoms with Gasteiger partial charge < -0.3 is 37.0 Å². The molecule has 2 aromatic carbocycles. The number of nitrogens with two attached hydrogens (primary N) is 1. The third kappa shape index (κ3) is 8.87. The Morgan fingerprint density at radius 2 is 1.28 bits per heavy atom. The monoisotopic (exact) mass is 518 g/mol. The van der Waals surface area contributed by atoms with Crippen molar-refractivity contribution in [3.63, 3.8) is 0 Å². The van der Waals surface area contributed by atoms with Gasteiger partial charge in [-0.05, 0) is 23.3 Å². The lowest BCUT2D eigenvalue weighted by Crippen LogP contribution is -2.58. The van der Waals surface area contributed by atoms with Gasteiger partial charge >= 0.3 is 5.97 Å². The van der Waals surface area contributed by atoms with Crippen molar-refractivity contribution in [2.24, 2.45) is 5.73 Å². The Balaban J connectivity index is 2.19. The molecule has 0 aliphatic heterocycles. The molecule has 0 saturated heterocycles. The second-order valence-corrected chi connectivity index (χ2v) is 8.42. The lowest BCUT2D eigenvalue weighted by atomic mass is 10.0. The zero-order valence-corrected chi connectivity index (χ0v) is 20.2. The molecule has 0 spiro atoms. The van der Waals surface area contributed by atoms with Crippen LogP contribution in [0.2, 0.25) is 0 Å². The van der Waals surface area contributed by atoms with Gasteiger partial charge in [0.2, 0.25) is 17.7 Å². The van der Waals surface area contributed by atoms with E-state index in [2.05, 4.69) is 28.6 Å². The molecule has 2 rings (SSSR count). The molecule has 0 aliphatic carbocycles. The molecule has 0 aliphatic rings. The predicted molar refractivity (Wildman–Crippen MR) is 134 cm³/mol. The molecule has 12 heteroatoms. The maximum atomic E-state index is 13.1. The zero-order chi connectivity index (χ0) is 26.7. The number of benzene rings is 2. The molecular formula is C24H30N4O7S. The second kappa shape index (κ2) is 14.1. The van der Waals surface area contributed by atoms with Gasteiger partial charge in [0.05, 0.1) is 6.61 Å². The van der Waals surface area contributed by atoms with Gasteiger partial charge in [0.1, 0.15) is 29.9 Å². The highest BCUT2D eigenvalue weighted by Gasteiger charge is 2.30. The fraction of sp³-hybridized carbons (Fsp3) is 0.333. The van der Waals surface area contributed by atoms with E-state index in [4.69, 9.17) is 10.8 Å². The highest BCUT2D eigenvalue weighted by atomic mass is 32.1. The number of thiol groups is 1. The number of aliphatic hydroxyl groups is 1. The van der Waals surface area contributed by atoms with Crippen molar-refractivity contribution in [3.8, 4) is 5.75 Å². The number of amides is 3. The van der Waals surface area contributed by atoms with Gasteiger partial charge in [-0.25, -0.2) is 4.79 Å². The van der Waals surface area contributed by atoms with Gasteiger partial charge in [0.25, 0.3) is 0 Å². The van der Waals surface area contributed by atoms with Crippen LogP contribution in [0.4, 0.5) is 0 Å². The lowest BCUT2D eigenvalue weighted by molar-refractivity contribution is -0.142. The standard InChI is InChI=1S/C24H30N4O7S/c25-17(12-29)21(31)28-20(13-36)23(33)26-18(10-14-4-2-1-3-5-14)22(32)27-19(24(34)35)11-15-6-8-16(30)9-7-15/h1-9,17-20,29-30,36H,10-13,25H2,(H,26,33)(H,27,32)(H,28,31)(H,34,35). The molecular weight excluding hydrogens is 488 g/mol. The summed E-state index contributed by atoms with van der Waals surface area (Å²) in [7, 11) is 0. The van der Waals surface area contributed by atoms with Crippen molar-refractivity contribution >= 4 is 36.3 Å². The Labute approximate surface area is 213 Å². The quantitative estimate of drug-likeness (QED) is 0.154. The Kier molecular flexibility index (Phi) is 11.2. The fourth-order valence-corrected chi connectivity index (χ4v) is 3.48. The molecule has 0 radical (unpaired) electrons. The molecule has 36 heavy (non-hydrogen) atoms. The summed E-state index contributed by atoms with van der Waals surface area (Å²) in [5.74, 6) is -3.62. The first-order valence-corrected chi connectivity index (χ1v) is 11.7. The topological polar surface area (TPSA) is 191 Å². The van der Waals surface area contributed by atoms with E-state index in [0.29, 0.717) is 11.1 Å². The number of carbonyl (C=O) groups is 4. The van der Waals surface area contributed by atoms with Gasteiger partial charge in [-0.3, -0.25) is 14.4 Å². The maximum Gasteiger partial charge on any atom is 0.326 e. The molecule has 0 heterocycles. The molecule has 4 atom stereocenters. The minimum atomic E-state index is -1.31. The Hall–Kier alpha value is -3.61. The number of aliphatic hydroxyl groups excluding tert-OH is 1. The normalized spacial score (nSPS) is 14.1. The molecule has 0 aromatic heterocycles. The summed E-state index contributed by atoms with van der Waals surface area (Å²) >= 11 is 4.07. The van der Waals surface area contributed by atoms with Crippen LogP contribution in [-0.2, 0) is 32.0 Å². The second-order valence-electron chi connectivity index (χ2n) is 8.05. The van der Waals surface area contributed by atoms with E-state index in [1.807, 2.05) is 0 Å². The van der Waals surface area contributed by atoms with Crippen LogP contribution >= 0.6 is 12.6 Å². The SMILES string of the molecule is NC(CO)C(=O)NC(CS)C(=O)NC(Cc1ccccc1)C(=O)NC(Cc1ccc(O)cc1)C(=O)O. The van der Waals surface area contributed by atoms with Crippen molar-refractivity contribution in [1.82, 2.24) is 16.0 Å². The zero-order valence-electron chi connectivity index (χ0n) is 19.3. The average Bonchev–Trinajstić information content (AvgIpc) is 2.87. The van der Waals surface area contributed by atoms with Gasteiger partial charge in [-0.2, -0.15) is 12.6 Å². The number of nitrogens with one attached hydrogen (secondary N) is 3. The fourth-order valence-electron chi connectivity index (χ4n) is 3.23.